The molecule has 1 atom stereocenters. The molecule has 1 saturated heterocycles. The summed E-state index contributed by atoms with van der Waals surface area (Å²) in [5.41, 5.74) is 5.01. The number of hydrogen-bond acceptors (Lipinski definition) is 6. The molecule has 0 aromatic heterocycles. The molecule has 1 unspecified atom stereocenters. The summed E-state index contributed by atoms with van der Waals surface area (Å²) in [5.74, 6) is -2.16. The summed E-state index contributed by atoms with van der Waals surface area (Å²) in [6.07, 6.45) is 3.49. The second-order valence-corrected chi connectivity index (χ2v) is 11.3. The molecule has 0 spiro atoms. The first-order valence-corrected chi connectivity index (χ1v) is 13.2. The van der Waals surface area contributed by atoms with Crippen molar-refractivity contribution in [2.24, 2.45) is 41.2 Å². The van der Waals surface area contributed by atoms with Gasteiger partial charge in [0, 0.05) is 38.5 Å². The molecule has 1 rings (SSSR count). The fourth-order valence-corrected chi connectivity index (χ4v) is 4.52. The average Bonchev–Trinajstić information content (AvgIpc) is 2.64. The standard InChI is InChI=1S/C9H17NO3.C9H15NO2.C9H16O4/c1-6(2)3-7(4-8(10)11)5-9(12)13;1-6(2)3-7-4-8(11)10-9(12)5-7;1-6(2)3-7(4-8(10)11)5-9(12)13/h6-7H,3-5H2,1-2H3,(H2,10,11)(H,12,13);6-7H,3-5H2,1-2H3,(H,10,11,12);6-7H,3-5H2,1-2H3,(H,10,11)(H,12,13). The maximum Gasteiger partial charge on any atom is 0.303 e. The van der Waals surface area contributed by atoms with Crippen LogP contribution in [0.4, 0.5) is 0 Å². The Bertz CT molecular complexity index is 689. The highest BCUT2D eigenvalue weighted by Crippen LogP contribution is 2.22. The van der Waals surface area contributed by atoms with E-state index in [9.17, 15) is 28.8 Å². The van der Waals surface area contributed by atoms with Gasteiger partial charge in [0.2, 0.25) is 17.7 Å². The minimum Gasteiger partial charge on any atom is -0.481 e. The molecule has 0 radical (unpaired) electrons. The first-order chi connectivity index (χ1) is 17.4. The van der Waals surface area contributed by atoms with E-state index in [0.29, 0.717) is 37.0 Å². The number of nitrogens with two attached hydrogens (primary N) is 1. The molecule has 1 aliphatic rings. The molecule has 0 aliphatic carbocycles. The second kappa shape index (κ2) is 20.0. The van der Waals surface area contributed by atoms with Gasteiger partial charge in [0.15, 0.2) is 0 Å². The topological polar surface area (TPSA) is 201 Å². The van der Waals surface area contributed by atoms with E-state index in [-0.39, 0.29) is 55.3 Å². The van der Waals surface area contributed by atoms with Crippen LogP contribution in [0, 0.1) is 35.5 Å². The van der Waals surface area contributed by atoms with E-state index in [2.05, 4.69) is 19.2 Å². The van der Waals surface area contributed by atoms with Crippen LogP contribution in [0.3, 0.4) is 0 Å². The lowest BCUT2D eigenvalue weighted by Gasteiger charge is -2.21. The van der Waals surface area contributed by atoms with Crippen molar-refractivity contribution in [3.05, 3.63) is 0 Å². The summed E-state index contributed by atoms with van der Waals surface area (Å²) in [7, 11) is 0. The number of primary amides is 1. The molecule has 0 aromatic carbocycles. The number of imide groups is 1. The first-order valence-electron chi connectivity index (χ1n) is 13.2. The van der Waals surface area contributed by atoms with Crippen molar-refractivity contribution in [3.63, 3.8) is 0 Å². The van der Waals surface area contributed by atoms with Crippen LogP contribution < -0.4 is 11.1 Å². The maximum absolute atomic E-state index is 10.9. The van der Waals surface area contributed by atoms with Gasteiger partial charge in [-0.1, -0.05) is 41.5 Å². The molecule has 1 heterocycles. The molecule has 1 fully saturated rings. The van der Waals surface area contributed by atoms with Gasteiger partial charge in [-0.05, 0) is 54.8 Å². The fourth-order valence-electron chi connectivity index (χ4n) is 4.52. The summed E-state index contributed by atoms with van der Waals surface area (Å²) < 4.78 is 0. The van der Waals surface area contributed by atoms with E-state index in [4.69, 9.17) is 21.1 Å². The van der Waals surface area contributed by atoms with Crippen molar-refractivity contribution < 1.29 is 44.1 Å². The molecule has 220 valence electrons. The molecule has 11 nitrogen and oxygen atoms in total. The highest BCUT2D eigenvalue weighted by Gasteiger charge is 2.25. The third kappa shape index (κ3) is 24.7. The Kier molecular flexibility index (Phi) is 19.6. The Morgan fingerprint density at radius 1 is 0.711 bits per heavy atom. The normalized spacial score (nSPS) is 14.4. The van der Waals surface area contributed by atoms with Crippen LogP contribution in [0.1, 0.15) is 99.3 Å². The third-order valence-corrected chi connectivity index (χ3v) is 5.52. The predicted octanol–water partition coefficient (Wildman–Crippen LogP) is 3.68. The van der Waals surface area contributed by atoms with Gasteiger partial charge in [-0.25, -0.2) is 0 Å². The largest absolute Gasteiger partial charge is 0.481 e. The van der Waals surface area contributed by atoms with Gasteiger partial charge in [0.05, 0.1) is 0 Å². The molecule has 38 heavy (non-hydrogen) atoms. The smallest absolute Gasteiger partial charge is 0.303 e. The molecule has 0 aromatic rings. The van der Waals surface area contributed by atoms with E-state index < -0.39 is 23.8 Å². The monoisotopic (exact) mass is 544 g/mol. The Hall–Kier alpha value is -2.98. The third-order valence-electron chi connectivity index (χ3n) is 5.52. The van der Waals surface area contributed by atoms with Crippen molar-refractivity contribution in [3.8, 4) is 0 Å². The summed E-state index contributed by atoms with van der Waals surface area (Å²) in [4.78, 5) is 63.6. The first kappa shape index (κ1) is 37.2. The zero-order valence-corrected chi connectivity index (χ0v) is 23.7. The summed E-state index contributed by atoms with van der Waals surface area (Å²) in [6.45, 7) is 12.1. The van der Waals surface area contributed by atoms with Crippen LogP contribution >= 0.6 is 0 Å². The fraction of sp³-hybridized carbons (Fsp3) is 0.778. The SMILES string of the molecule is CC(C)CC(CC(=O)O)CC(=O)O.CC(C)CC(CC(N)=O)CC(=O)O.CC(C)CC1CC(=O)NC(=O)C1. The highest BCUT2D eigenvalue weighted by molar-refractivity contribution is 5.97. The van der Waals surface area contributed by atoms with Crippen LogP contribution in [-0.2, 0) is 28.8 Å². The minimum atomic E-state index is -0.924. The summed E-state index contributed by atoms with van der Waals surface area (Å²) in [5, 5.41) is 27.9. The number of carboxylic acid groups (broad SMARTS) is 3. The summed E-state index contributed by atoms with van der Waals surface area (Å²) >= 11 is 0. The minimum absolute atomic E-state index is 0.0289. The molecule has 6 N–H and O–H groups in total. The van der Waals surface area contributed by atoms with Gasteiger partial charge in [-0.2, -0.15) is 0 Å². The molecule has 0 bridgehead atoms. The molecule has 1 aliphatic heterocycles. The molecule has 11 heteroatoms. The number of carbonyl (C=O) groups is 6. The van der Waals surface area contributed by atoms with Gasteiger partial charge in [-0.3, -0.25) is 34.1 Å². The number of rotatable bonds is 14. The molecular formula is C27H48N2O9. The number of piperidine rings is 1. The Morgan fingerprint density at radius 2 is 1.05 bits per heavy atom. The number of amides is 3. The van der Waals surface area contributed by atoms with E-state index >= 15 is 0 Å². The number of carbonyl (C=O) groups excluding carboxylic acids is 3. The van der Waals surface area contributed by atoms with Gasteiger partial charge in [0.1, 0.15) is 0 Å². The molecular weight excluding hydrogens is 496 g/mol. The van der Waals surface area contributed by atoms with Crippen LogP contribution in [0.5, 0.6) is 0 Å². The van der Waals surface area contributed by atoms with Gasteiger partial charge >= 0.3 is 17.9 Å². The van der Waals surface area contributed by atoms with Crippen LogP contribution in [0.2, 0.25) is 0 Å². The average molecular weight is 545 g/mol. The van der Waals surface area contributed by atoms with Crippen LogP contribution in [0.15, 0.2) is 0 Å². The van der Waals surface area contributed by atoms with Crippen molar-refractivity contribution in [1.82, 2.24) is 5.32 Å². The van der Waals surface area contributed by atoms with E-state index in [1.165, 1.54) is 0 Å². The number of hydrogen-bond donors (Lipinski definition) is 5. The van der Waals surface area contributed by atoms with Gasteiger partial charge in [-0.15, -0.1) is 0 Å². The van der Waals surface area contributed by atoms with E-state index in [1.54, 1.807) is 0 Å². The quantitative estimate of drug-likeness (QED) is 0.202. The van der Waals surface area contributed by atoms with E-state index in [0.717, 1.165) is 12.8 Å². The number of nitrogens with one attached hydrogen (secondary N) is 1. The molecule has 3 amide bonds. The zero-order chi connectivity index (χ0) is 30.0. The van der Waals surface area contributed by atoms with Crippen LogP contribution in [-0.4, -0.2) is 50.9 Å². The van der Waals surface area contributed by atoms with Crippen molar-refractivity contribution in [2.45, 2.75) is 99.3 Å². The van der Waals surface area contributed by atoms with Crippen molar-refractivity contribution >= 4 is 35.6 Å². The summed E-state index contributed by atoms with van der Waals surface area (Å²) in [6, 6.07) is 0. The lowest BCUT2D eigenvalue weighted by Crippen LogP contribution is -2.38. The Labute approximate surface area is 225 Å². The lowest BCUT2D eigenvalue weighted by atomic mass is 9.89. The van der Waals surface area contributed by atoms with Crippen molar-refractivity contribution in [1.29, 1.82) is 0 Å². The van der Waals surface area contributed by atoms with Gasteiger partial charge in [0.25, 0.3) is 0 Å². The lowest BCUT2D eigenvalue weighted by molar-refractivity contribution is -0.141. The predicted molar refractivity (Wildman–Crippen MR) is 142 cm³/mol. The Morgan fingerprint density at radius 3 is 1.32 bits per heavy atom. The number of carboxylic acids is 3. The van der Waals surface area contributed by atoms with Gasteiger partial charge < -0.3 is 21.1 Å². The Balaban J connectivity index is 0. The molecule has 0 saturated carbocycles. The second-order valence-electron chi connectivity index (χ2n) is 11.3. The van der Waals surface area contributed by atoms with Crippen LogP contribution in [0.25, 0.3) is 0 Å². The highest BCUT2D eigenvalue weighted by atomic mass is 16.4. The maximum atomic E-state index is 10.9. The number of aliphatic carboxylic acids is 3. The van der Waals surface area contributed by atoms with E-state index in [1.807, 2.05) is 27.7 Å². The zero-order valence-electron chi connectivity index (χ0n) is 23.7. The van der Waals surface area contributed by atoms with Crippen molar-refractivity contribution in [2.75, 3.05) is 0 Å².